The molecule has 0 radical (unpaired) electrons. The first-order valence-electron chi connectivity index (χ1n) is 12.0. The quantitative estimate of drug-likeness (QED) is 0.398. The van der Waals surface area contributed by atoms with Crippen molar-refractivity contribution in [2.75, 3.05) is 11.8 Å². The van der Waals surface area contributed by atoms with Gasteiger partial charge in [-0.25, -0.2) is 8.42 Å². The van der Waals surface area contributed by atoms with E-state index in [0.717, 1.165) is 31.1 Å². The minimum absolute atomic E-state index is 0.0173. The maximum Gasteiger partial charge on any atom is 0.254 e. The van der Waals surface area contributed by atoms with Crippen LogP contribution in [0, 0.1) is 0 Å². The number of carbonyl (C=O) groups excluding carboxylic acids is 3. The van der Waals surface area contributed by atoms with E-state index in [0.29, 0.717) is 24.1 Å². The maximum absolute atomic E-state index is 13.5. The first-order valence-corrected chi connectivity index (χ1v) is 13.5. The number of likely N-dealkylation sites (N-methyl/N-ethyl adjacent to an activating group) is 1. The van der Waals surface area contributed by atoms with Crippen LogP contribution in [0.3, 0.4) is 0 Å². The molecule has 2 aliphatic heterocycles. The van der Waals surface area contributed by atoms with Crippen LogP contribution in [0.1, 0.15) is 51.0 Å². The SMILES string of the molecule is C=CS(=O)(=O)Nc1cccc(CNC(=O)C2CCC3CCCCC(NC(=O)C(C)NC)C(=O)N32)c1. The molecule has 1 aromatic carbocycles. The Hall–Kier alpha value is -2.92. The molecule has 11 heteroatoms. The van der Waals surface area contributed by atoms with E-state index in [1.54, 1.807) is 43.1 Å². The molecular formula is C24H35N5O5S. The molecule has 1 aromatic rings. The van der Waals surface area contributed by atoms with Gasteiger partial charge in [-0.2, -0.15) is 0 Å². The van der Waals surface area contributed by atoms with Gasteiger partial charge >= 0.3 is 0 Å². The van der Waals surface area contributed by atoms with E-state index >= 15 is 0 Å². The van der Waals surface area contributed by atoms with Gasteiger partial charge in [-0.15, -0.1) is 0 Å². The Labute approximate surface area is 207 Å². The highest BCUT2D eigenvalue weighted by Crippen LogP contribution is 2.31. The van der Waals surface area contributed by atoms with Crippen LogP contribution in [-0.4, -0.2) is 62.3 Å². The second-order valence-corrected chi connectivity index (χ2v) is 10.7. The van der Waals surface area contributed by atoms with Crippen molar-refractivity contribution in [3.8, 4) is 0 Å². The molecule has 0 aliphatic carbocycles. The molecule has 4 atom stereocenters. The third-order valence-corrected chi connectivity index (χ3v) is 7.61. The van der Waals surface area contributed by atoms with E-state index in [9.17, 15) is 22.8 Å². The summed E-state index contributed by atoms with van der Waals surface area (Å²) >= 11 is 0. The van der Waals surface area contributed by atoms with Crippen molar-refractivity contribution in [2.45, 2.75) is 76.2 Å². The molecule has 0 saturated carbocycles. The molecule has 2 heterocycles. The Morgan fingerprint density at radius 1 is 1.20 bits per heavy atom. The van der Waals surface area contributed by atoms with Crippen LogP contribution in [0.15, 0.2) is 36.3 Å². The molecule has 4 N–H and O–H groups in total. The van der Waals surface area contributed by atoms with Crippen molar-refractivity contribution < 1.29 is 22.8 Å². The Kier molecular flexibility index (Phi) is 8.90. The van der Waals surface area contributed by atoms with Gasteiger partial charge in [-0.1, -0.05) is 31.6 Å². The number of nitrogens with zero attached hydrogens (tertiary/aromatic N) is 1. The minimum Gasteiger partial charge on any atom is -0.350 e. The number of nitrogens with one attached hydrogen (secondary N) is 4. The molecule has 0 bridgehead atoms. The molecular weight excluding hydrogens is 470 g/mol. The highest BCUT2D eigenvalue weighted by atomic mass is 32.2. The van der Waals surface area contributed by atoms with Gasteiger partial charge in [-0.3, -0.25) is 19.1 Å². The number of anilines is 1. The van der Waals surface area contributed by atoms with Crippen molar-refractivity contribution in [2.24, 2.45) is 0 Å². The summed E-state index contributed by atoms with van der Waals surface area (Å²) in [6.45, 7) is 5.19. The van der Waals surface area contributed by atoms with Crippen molar-refractivity contribution >= 4 is 33.4 Å². The maximum atomic E-state index is 13.5. The van der Waals surface area contributed by atoms with Crippen LogP contribution in [0.5, 0.6) is 0 Å². The predicted octanol–water partition coefficient (Wildman–Crippen LogP) is 1.21. The fourth-order valence-corrected chi connectivity index (χ4v) is 5.15. The van der Waals surface area contributed by atoms with E-state index < -0.39 is 28.1 Å². The summed E-state index contributed by atoms with van der Waals surface area (Å²) in [5.74, 6) is -0.702. The fourth-order valence-electron chi connectivity index (χ4n) is 4.61. The summed E-state index contributed by atoms with van der Waals surface area (Å²) in [7, 11) is -1.95. The Morgan fingerprint density at radius 3 is 2.66 bits per heavy atom. The summed E-state index contributed by atoms with van der Waals surface area (Å²) in [4.78, 5) is 40.7. The number of hydrogen-bond donors (Lipinski definition) is 4. The summed E-state index contributed by atoms with van der Waals surface area (Å²) in [6, 6.07) is 5.02. The molecule has 35 heavy (non-hydrogen) atoms. The van der Waals surface area contributed by atoms with Gasteiger partial charge in [0.25, 0.3) is 10.0 Å². The van der Waals surface area contributed by atoms with Crippen molar-refractivity contribution in [3.63, 3.8) is 0 Å². The second kappa shape index (κ2) is 11.7. The van der Waals surface area contributed by atoms with Crippen molar-refractivity contribution in [1.29, 1.82) is 0 Å². The Bertz CT molecular complexity index is 1060. The number of rotatable bonds is 9. The molecule has 3 amide bonds. The molecule has 2 fully saturated rings. The van der Waals surface area contributed by atoms with Crippen molar-refractivity contribution in [3.05, 3.63) is 41.8 Å². The normalized spacial score (nSPS) is 23.4. The van der Waals surface area contributed by atoms with Gasteiger partial charge in [0.05, 0.1) is 6.04 Å². The topological polar surface area (TPSA) is 137 Å². The number of amides is 3. The summed E-state index contributed by atoms with van der Waals surface area (Å²) in [5.41, 5.74) is 1.08. The number of benzene rings is 1. The van der Waals surface area contributed by atoms with E-state index in [-0.39, 0.29) is 30.3 Å². The lowest BCUT2D eigenvalue weighted by Gasteiger charge is -2.35. The first kappa shape index (κ1) is 26.7. The number of hydrogen-bond acceptors (Lipinski definition) is 6. The molecule has 192 valence electrons. The molecule has 4 unspecified atom stereocenters. The van der Waals surface area contributed by atoms with Crippen LogP contribution >= 0.6 is 0 Å². The van der Waals surface area contributed by atoms with Crippen LogP contribution in [0.2, 0.25) is 0 Å². The lowest BCUT2D eigenvalue weighted by Crippen LogP contribution is -2.57. The predicted molar refractivity (Wildman–Crippen MR) is 134 cm³/mol. The molecule has 0 aromatic heterocycles. The van der Waals surface area contributed by atoms with E-state index in [1.165, 1.54) is 0 Å². The Morgan fingerprint density at radius 2 is 1.94 bits per heavy atom. The lowest BCUT2D eigenvalue weighted by molar-refractivity contribution is -0.144. The van der Waals surface area contributed by atoms with Gasteiger partial charge in [0.1, 0.15) is 12.1 Å². The van der Waals surface area contributed by atoms with Crippen LogP contribution in [-0.2, 0) is 31.0 Å². The van der Waals surface area contributed by atoms with Gasteiger partial charge in [-0.05, 0) is 57.4 Å². The number of fused-ring (bicyclic) bond motifs is 1. The minimum atomic E-state index is -3.63. The summed E-state index contributed by atoms with van der Waals surface area (Å²) < 4.78 is 25.8. The van der Waals surface area contributed by atoms with Gasteiger partial charge < -0.3 is 20.9 Å². The van der Waals surface area contributed by atoms with Gasteiger partial charge in [0.15, 0.2) is 0 Å². The second-order valence-electron chi connectivity index (χ2n) is 9.08. The smallest absolute Gasteiger partial charge is 0.254 e. The molecule has 2 aliphatic rings. The zero-order valence-corrected chi connectivity index (χ0v) is 21.1. The first-order chi connectivity index (χ1) is 16.6. The molecule has 0 spiro atoms. The van der Waals surface area contributed by atoms with E-state index in [2.05, 4.69) is 27.3 Å². The van der Waals surface area contributed by atoms with Crippen LogP contribution in [0.25, 0.3) is 0 Å². The summed E-state index contributed by atoms with van der Waals surface area (Å²) in [5, 5.41) is 9.45. The monoisotopic (exact) mass is 505 g/mol. The number of sulfonamides is 1. The zero-order chi connectivity index (χ0) is 25.6. The standard InChI is InChI=1S/C24H35N5O5S/c1-4-35(33,34)28-18-9-7-8-17(14-18)15-26-23(31)21-13-12-19-10-5-6-11-20(24(32)29(19)21)27-22(30)16(2)25-3/h4,7-9,14,16,19-21,25,28H,1,5-6,10-13,15H2,2-3H3,(H,26,31)(H,27,30). The highest BCUT2D eigenvalue weighted by Gasteiger charge is 2.43. The number of carbonyl (C=O) groups is 3. The van der Waals surface area contributed by atoms with Crippen LogP contribution in [0.4, 0.5) is 5.69 Å². The van der Waals surface area contributed by atoms with E-state index in [4.69, 9.17) is 0 Å². The average Bonchev–Trinajstić information content (AvgIpc) is 3.25. The molecule has 2 saturated heterocycles. The van der Waals surface area contributed by atoms with E-state index in [1.807, 2.05) is 0 Å². The van der Waals surface area contributed by atoms with Crippen LogP contribution < -0.4 is 20.7 Å². The van der Waals surface area contributed by atoms with Gasteiger partial charge in [0, 0.05) is 23.7 Å². The lowest BCUT2D eigenvalue weighted by atomic mass is 9.98. The Balaban J connectivity index is 1.68. The molecule has 10 nitrogen and oxygen atoms in total. The molecule has 3 rings (SSSR count). The third-order valence-electron chi connectivity index (χ3n) is 6.65. The van der Waals surface area contributed by atoms with Gasteiger partial charge in [0.2, 0.25) is 17.7 Å². The van der Waals surface area contributed by atoms with Crippen molar-refractivity contribution in [1.82, 2.24) is 20.9 Å². The zero-order valence-electron chi connectivity index (χ0n) is 20.2. The fraction of sp³-hybridized carbons (Fsp3) is 0.542. The largest absolute Gasteiger partial charge is 0.350 e. The summed E-state index contributed by atoms with van der Waals surface area (Å²) in [6.07, 6.45) is 4.48. The third kappa shape index (κ3) is 6.82. The highest BCUT2D eigenvalue weighted by molar-refractivity contribution is 7.95. The average molecular weight is 506 g/mol.